The molecule has 0 bridgehead atoms. The van der Waals surface area contributed by atoms with Gasteiger partial charge >= 0.3 is 5.97 Å². The van der Waals surface area contributed by atoms with Gasteiger partial charge in [-0.15, -0.1) is 0 Å². The summed E-state index contributed by atoms with van der Waals surface area (Å²) >= 11 is 0. The van der Waals surface area contributed by atoms with Crippen molar-refractivity contribution in [1.82, 2.24) is 10.2 Å². The summed E-state index contributed by atoms with van der Waals surface area (Å²) in [5.74, 6) is -0.613. The van der Waals surface area contributed by atoms with Gasteiger partial charge in [0.15, 0.2) is 11.5 Å². The van der Waals surface area contributed by atoms with Crippen LogP contribution in [0.25, 0.3) is 0 Å². The molecule has 8 heteroatoms. The monoisotopic (exact) mass is 410 g/mol. The average Bonchev–Trinajstić information content (AvgIpc) is 3.42. The van der Waals surface area contributed by atoms with Gasteiger partial charge in [0.05, 0.1) is 0 Å². The molecule has 4 rings (SSSR count). The lowest BCUT2D eigenvalue weighted by atomic mass is 10.0. The van der Waals surface area contributed by atoms with E-state index < -0.39 is 24.0 Å². The molecule has 2 aromatic rings. The van der Waals surface area contributed by atoms with Crippen LogP contribution in [0.15, 0.2) is 48.5 Å². The van der Waals surface area contributed by atoms with Crippen LogP contribution in [0.1, 0.15) is 28.8 Å². The second-order valence-corrected chi connectivity index (χ2v) is 7.31. The summed E-state index contributed by atoms with van der Waals surface area (Å²) in [5.41, 5.74) is 1.20. The fourth-order valence-corrected chi connectivity index (χ4v) is 3.82. The van der Waals surface area contributed by atoms with Crippen molar-refractivity contribution in [3.63, 3.8) is 0 Å². The molecule has 2 amide bonds. The lowest BCUT2D eigenvalue weighted by Crippen LogP contribution is -2.52. The van der Waals surface area contributed by atoms with E-state index in [1.807, 2.05) is 0 Å². The number of likely N-dealkylation sites (tertiary alicyclic amines) is 1. The molecule has 2 aromatic carbocycles. The Hall–Kier alpha value is -3.55. The number of rotatable bonds is 6. The molecule has 156 valence electrons. The van der Waals surface area contributed by atoms with Crippen LogP contribution in [0.4, 0.5) is 0 Å². The molecule has 30 heavy (non-hydrogen) atoms. The summed E-state index contributed by atoms with van der Waals surface area (Å²) < 4.78 is 10.7. The summed E-state index contributed by atoms with van der Waals surface area (Å²) in [6.07, 6.45) is 1.23. The highest BCUT2D eigenvalue weighted by Gasteiger charge is 2.37. The van der Waals surface area contributed by atoms with Gasteiger partial charge in [-0.25, -0.2) is 4.79 Å². The van der Waals surface area contributed by atoms with Gasteiger partial charge in [0.1, 0.15) is 12.1 Å². The molecule has 2 N–H and O–H groups in total. The van der Waals surface area contributed by atoms with E-state index in [0.29, 0.717) is 36.4 Å². The molecule has 2 atom stereocenters. The smallest absolute Gasteiger partial charge is 0.326 e. The highest BCUT2D eigenvalue weighted by molar-refractivity contribution is 5.98. The maximum Gasteiger partial charge on any atom is 0.326 e. The Kier molecular flexibility index (Phi) is 5.56. The minimum absolute atomic E-state index is 0.139. The number of amides is 2. The van der Waals surface area contributed by atoms with E-state index in [1.54, 1.807) is 48.5 Å². The minimum atomic E-state index is -1.03. The summed E-state index contributed by atoms with van der Waals surface area (Å²) in [6, 6.07) is 12.2. The minimum Gasteiger partial charge on any atom is -0.480 e. The maximum absolute atomic E-state index is 13.3. The average molecular weight is 410 g/mol. The van der Waals surface area contributed by atoms with Crippen molar-refractivity contribution in [2.45, 2.75) is 31.3 Å². The Morgan fingerprint density at radius 3 is 2.63 bits per heavy atom. The van der Waals surface area contributed by atoms with Gasteiger partial charge in [-0.2, -0.15) is 0 Å². The molecule has 8 nitrogen and oxygen atoms in total. The zero-order valence-corrected chi connectivity index (χ0v) is 16.2. The molecule has 0 saturated carbocycles. The van der Waals surface area contributed by atoms with Gasteiger partial charge in [0.25, 0.3) is 5.91 Å². The van der Waals surface area contributed by atoms with Crippen molar-refractivity contribution < 1.29 is 29.0 Å². The number of aliphatic carboxylic acids is 1. The number of carbonyl (C=O) groups excluding carboxylic acids is 2. The number of nitrogens with zero attached hydrogens (tertiary/aromatic N) is 1. The first kappa shape index (κ1) is 19.8. The molecule has 0 radical (unpaired) electrons. The largest absolute Gasteiger partial charge is 0.480 e. The highest BCUT2D eigenvalue weighted by atomic mass is 16.7. The second kappa shape index (κ2) is 8.44. The zero-order valence-electron chi connectivity index (χ0n) is 16.2. The lowest BCUT2D eigenvalue weighted by Gasteiger charge is -2.27. The van der Waals surface area contributed by atoms with E-state index in [1.165, 1.54) is 4.90 Å². The summed E-state index contributed by atoms with van der Waals surface area (Å²) in [5, 5.41) is 12.2. The van der Waals surface area contributed by atoms with E-state index in [-0.39, 0.29) is 19.1 Å². The van der Waals surface area contributed by atoms with Crippen molar-refractivity contribution in [2.24, 2.45) is 0 Å². The van der Waals surface area contributed by atoms with Crippen molar-refractivity contribution in [2.75, 3.05) is 13.3 Å². The third-order valence-electron chi connectivity index (χ3n) is 5.34. The number of carbonyl (C=O) groups is 3. The van der Waals surface area contributed by atoms with Gasteiger partial charge in [-0.05, 0) is 42.7 Å². The van der Waals surface area contributed by atoms with Crippen molar-refractivity contribution in [3.8, 4) is 11.5 Å². The van der Waals surface area contributed by atoms with Crippen molar-refractivity contribution >= 4 is 17.8 Å². The zero-order chi connectivity index (χ0) is 21.1. The lowest BCUT2D eigenvalue weighted by molar-refractivity contribution is -0.148. The fraction of sp³-hybridized carbons (Fsp3) is 0.318. The number of carboxylic acid groups (broad SMARTS) is 1. The van der Waals surface area contributed by atoms with Crippen LogP contribution < -0.4 is 14.8 Å². The van der Waals surface area contributed by atoms with Crippen LogP contribution in [-0.4, -0.2) is 53.2 Å². The normalized spacial score (nSPS) is 18.1. The van der Waals surface area contributed by atoms with Gasteiger partial charge in [-0.1, -0.05) is 24.3 Å². The molecule has 1 fully saturated rings. The number of nitrogens with one attached hydrogen (secondary N) is 1. The van der Waals surface area contributed by atoms with Crippen LogP contribution in [0.2, 0.25) is 0 Å². The molecule has 0 spiro atoms. The van der Waals surface area contributed by atoms with E-state index in [9.17, 15) is 19.5 Å². The summed E-state index contributed by atoms with van der Waals surface area (Å²) in [6.45, 7) is 0.495. The summed E-state index contributed by atoms with van der Waals surface area (Å²) in [4.78, 5) is 38.9. The van der Waals surface area contributed by atoms with Crippen LogP contribution in [0.5, 0.6) is 11.5 Å². The Morgan fingerprint density at radius 2 is 1.87 bits per heavy atom. The molecule has 1 saturated heterocycles. The number of ether oxygens (including phenoxy) is 2. The molecule has 2 aliphatic rings. The first-order chi connectivity index (χ1) is 14.5. The number of hydrogen-bond acceptors (Lipinski definition) is 5. The van der Waals surface area contributed by atoms with Crippen LogP contribution in [-0.2, 0) is 16.0 Å². The number of hydrogen-bond donors (Lipinski definition) is 2. The van der Waals surface area contributed by atoms with E-state index in [4.69, 9.17) is 9.47 Å². The number of benzene rings is 2. The molecular weight excluding hydrogens is 388 g/mol. The Morgan fingerprint density at radius 1 is 1.10 bits per heavy atom. The van der Waals surface area contributed by atoms with E-state index in [0.717, 1.165) is 5.56 Å². The molecular formula is C22H22N2O6. The van der Waals surface area contributed by atoms with E-state index in [2.05, 4.69) is 5.32 Å². The van der Waals surface area contributed by atoms with Crippen molar-refractivity contribution in [3.05, 3.63) is 59.7 Å². The SMILES string of the molecule is O=C(N[C@@H](Cc1ccc2c(c1)OCO2)C(=O)N1CCC[C@@H]1C(=O)O)c1ccccc1. The number of fused-ring (bicyclic) bond motifs is 1. The van der Waals surface area contributed by atoms with E-state index >= 15 is 0 Å². The molecule has 2 heterocycles. The maximum atomic E-state index is 13.3. The Labute approximate surface area is 173 Å². The highest BCUT2D eigenvalue weighted by Crippen LogP contribution is 2.33. The molecule has 0 aromatic heterocycles. The van der Waals surface area contributed by atoms with Gasteiger partial charge in [0, 0.05) is 18.5 Å². The second-order valence-electron chi connectivity index (χ2n) is 7.31. The summed E-state index contributed by atoms with van der Waals surface area (Å²) in [7, 11) is 0. The predicted molar refractivity (Wildman–Crippen MR) is 106 cm³/mol. The van der Waals surface area contributed by atoms with Gasteiger partial charge in [-0.3, -0.25) is 9.59 Å². The quantitative estimate of drug-likeness (QED) is 0.753. The third-order valence-corrected chi connectivity index (χ3v) is 5.34. The van der Waals surface area contributed by atoms with Crippen LogP contribution in [0.3, 0.4) is 0 Å². The first-order valence-corrected chi connectivity index (χ1v) is 9.80. The van der Waals surface area contributed by atoms with Crippen LogP contribution in [0, 0.1) is 0 Å². The van der Waals surface area contributed by atoms with Gasteiger partial charge in [0.2, 0.25) is 12.7 Å². The number of carboxylic acids is 1. The third kappa shape index (κ3) is 4.07. The predicted octanol–water partition coefficient (Wildman–Crippen LogP) is 1.83. The topological polar surface area (TPSA) is 105 Å². The first-order valence-electron chi connectivity index (χ1n) is 9.80. The molecule has 2 aliphatic heterocycles. The fourth-order valence-electron chi connectivity index (χ4n) is 3.82. The molecule has 0 unspecified atom stereocenters. The Bertz CT molecular complexity index is 961. The van der Waals surface area contributed by atoms with Gasteiger partial charge < -0.3 is 24.8 Å². The van der Waals surface area contributed by atoms with Crippen LogP contribution >= 0.6 is 0 Å². The molecule has 0 aliphatic carbocycles. The van der Waals surface area contributed by atoms with Crippen molar-refractivity contribution in [1.29, 1.82) is 0 Å². The standard InChI is InChI=1S/C22H22N2O6/c25-20(15-5-2-1-3-6-15)23-16(21(26)24-10-4-7-17(24)22(27)28)11-14-8-9-18-19(12-14)30-13-29-18/h1-3,5-6,8-9,12,16-17H,4,7,10-11,13H2,(H,23,25)(H,27,28)/t16-,17+/m0/s1. The Balaban J connectivity index is 1.58.